The second-order valence-electron chi connectivity index (χ2n) is 9.18. The number of carboxylic acid groups (broad SMARTS) is 1. The first kappa shape index (κ1) is 23.8. The maximum Gasteiger partial charge on any atom is 0.407 e. The van der Waals surface area contributed by atoms with Crippen molar-refractivity contribution in [2.45, 2.75) is 51.0 Å². The predicted molar refractivity (Wildman–Crippen MR) is 128 cm³/mol. The molecular formula is C27H32N2O5. The number of carbonyl (C=O) groups is 3. The minimum atomic E-state index is -1.14. The number of benzene rings is 2. The number of nitrogens with one attached hydrogen (secondary N) is 1. The van der Waals surface area contributed by atoms with Gasteiger partial charge in [0, 0.05) is 19.0 Å². The number of hydrogen-bond donors (Lipinski definition) is 2. The SMILES string of the molecule is CCCC1CCN(C(=O)C(CC(=O)O)NC(=O)OCC2c3ccccc3-c3ccccc32)CC1. The molecule has 34 heavy (non-hydrogen) atoms. The van der Waals surface area contributed by atoms with Crippen molar-refractivity contribution in [2.75, 3.05) is 19.7 Å². The van der Waals surface area contributed by atoms with Gasteiger partial charge >= 0.3 is 12.1 Å². The Morgan fingerprint density at radius 1 is 1.03 bits per heavy atom. The number of carbonyl (C=O) groups excluding carboxylic acids is 2. The summed E-state index contributed by atoms with van der Waals surface area (Å²) >= 11 is 0. The van der Waals surface area contributed by atoms with Crippen molar-refractivity contribution >= 4 is 18.0 Å². The van der Waals surface area contributed by atoms with Crippen molar-refractivity contribution in [3.63, 3.8) is 0 Å². The zero-order chi connectivity index (χ0) is 24.1. The van der Waals surface area contributed by atoms with Crippen LogP contribution < -0.4 is 5.32 Å². The van der Waals surface area contributed by atoms with Crippen LogP contribution in [0.5, 0.6) is 0 Å². The van der Waals surface area contributed by atoms with Crippen LogP contribution in [-0.2, 0) is 14.3 Å². The number of ether oxygens (including phenoxy) is 1. The molecule has 0 radical (unpaired) electrons. The van der Waals surface area contributed by atoms with Crippen LogP contribution in [0, 0.1) is 5.92 Å². The van der Waals surface area contributed by atoms with E-state index in [9.17, 15) is 19.5 Å². The summed E-state index contributed by atoms with van der Waals surface area (Å²) in [5.41, 5.74) is 4.42. The van der Waals surface area contributed by atoms with Crippen molar-refractivity contribution < 1.29 is 24.2 Å². The number of hydrogen-bond acceptors (Lipinski definition) is 4. The van der Waals surface area contributed by atoms with Gasteiger partial charge < -0.3 is 20.1 Å². The lowest BCUT2D eigenvalue weighted by atomic mass is 9.92. The van der Waals surface area contributed by atoms with Crippen LogP contribution in [0.2, 0.25) is 0 Å². The van der Waals surface area contributed by atoms with Gasteiger partial charge in [0.15, 0.2) is 0 Å². The summed E-state index contributed by atoms with van der Waals surface area (Å²) < 4.78 is 5.52. The van der Waals surface area contributed by atoms with Gasteiger partial charge in [-0.1, -0.05) is 68.3 Å². The molecule has 1 aliphatic heterocycles. The van der Waals surface area contributed by atoms with Gasteiger partial charge in [-0.05, 0) is 41.0 Å². The number of piperidine rings is 1. The molecule has 0 spiro atoms. The molecule has 1 aliphatic carbocycles. The fraction of sp³-hybridized carbons (Fsp3) is 0.444. The minimum absolute atomic E-state index is 0.107. The summed E-state index contributed by atoms with van der Waals surface area (Å²) in [6.45, 7) is 3.44. The molecule has 1 unspecified atom stereocenters. The van der Waals surface area contributed by atoms with Gasteiger partial charge in [0.1, 0.15) is 12.6 Å². The zero-order valence-corrected chi connectivity index (χ0v) is 19.5. The fourth-order valence-corrected chi connectivity index (χ4v) is 5.23. The summed E-state index contributed by atoms with van der Waals surface area (Å²) in [4.78, 5) is 38.7. The molecule has 2 aromatic carbocycles. The van der Waals surface area contributed by atoms with Crippen molar-refractivity contribution in [3.05, 3.63) is 59.7 Å². The molecule has 0 aromatic heterocycles. The summed E-state index contributed by atoms with van der Waals surface area (Å²) in [5, 5.41) is 11.8. The molecule has 2 aliphatic rings. The molecule has 0 saturated carbocycles. The van der Waals surface area contributed by atoms with Crippen molar-refractivity contribution in [3.8, 4) is 11.1 Å². The summed E-state index contributed by atoms with van der Waals surface area (Å²) in [7, 11) is 0. The lowest BCUT2D eigenvalue weighted by molar-refractivity contribution is -0.143. The van der Waals surface area contributed by atoms with Crippen molar-refractivity contribution in [2.24, 2.45) is 5.92 Å². The molecule has 180 valence electrons. The number of aliphatic carboxylic acids is 1. The number of nitrogens with zero attached hydrogens (tertiary/aromatic N) is 1. The topological polar surface area (TPSA) is 95.9 Å². The lowest BCUT2D eigenvalue weighted by Crippen LogP contribution is -2.51. The predicted octanol–water partition coefficient (Wildman–Crippen LogP) is 4.41. The molecule has 0 bridgehead atoms. The number of rotatable bonds is 8. The van der Waals surface area contributed by atoms with Crippen LogP contribution in [0.15, 0.2) is 48.5 Å². The zero-order valence-electron chi connectivity index (χ0n) is 19.5. The average molecular weight is 465 g/mol. The first-order valence-electron chi connectivity index (χ1n) is 12.1. The highest BCUT2D eigenvalue weighted by Crippen LogP contribution is 2.44. The highest BCUT2D eigenvalue weighted by Gasteiger charge is 2.32. The highest BCUT2D eigenvalue weighted by atomic mass is 16.5. The van der Waals surface area contributed by atoms with E-state index >= 15 is 0 Å². The van der Waals surface area contributed by atoms with Crippen LogP contribution in [0.4, 0.5) is 4.79 Å². The molecule has 2 N–H and O–H groups in total. The average Bonchev–Trinajstić information content (AvgIpc) is 3.16. The van der Waals surface area contributed by atoms with Crippen molar-refractivity contribution in [1.29, 1.82) is 0 Å². The maximum absolute atomic E-state index is 13.0. The number of fused-ring (bicyclic) bond motifs is 3. The fourth-order valence-electron chi connectivity index (χ4n) is 5.23. The molecular weight excluding hydrogens is 432 g/mol. The number of likely N-dealkylation sites (tertiary alicyclic amines) is 1. The largest absolute Gasteiger partial charge is 0.481 e. The van der Waals surface area contributed by atoms with Crippen LogP contribution >= 0.6 is 0 Å². The van der Waals surface area contributed by atoms with E-state index in [1.54, 1.807) is 4.90 Å². The Labute approximate surface area is 200 Å². The van der Waals surface area contributed by atoms with E-state index in [0.717, 1.165) is 47.9 Å². The lowest BCUT2D eigenvalue weighted by Gasteiger charge is -2.34. The van der Waals surface area contributed by atoms with Gasteiger partial charge in [0.25, 0.3) is 0 Å². The van der Waals surface area contributed by atoms with Crippen molar-refractivity contribution in [1.82, 2.24) is 10.2 Å². The van der Waals surface area contributed by atoms with E-state index in [-0.39, 0.29) is 18.4 Å². The number of carboxylic acids is 1. The highest BCUT2D eigenvalue weighted by molar-refractivity contribution is 5.89. The molecule has 1 fully saturated rings. The van der Waals surface area contributed by atoms with Gasteiger partial charge in [-0.2, -0.15) is 0 Å². The third-order valence-electron chi connectivity index (χ3n) is 6.94. The molecule has 1 atom stereocenters. The molecule has 2 aromatic rings. The van der Waals surface area contributed by atoms with E-state index in [1.807, 2.05) is 36.4 Å². The minimum Gasteiger partial charge on any atom is -0.481 e. The van der Waals surface area contributed by atoms with E-state index in [1.165, 1.54) is 0 Å². The third kappa shape index (κ3) is 5.24. The Balaban J connectivity index is 1.38. The van der Waals surface area contributed by atoms with Gasteiger partial charge in [0.2, 0.25) is 5.91 Å². The maximum atomic E-state index is 13.0. The smallest absolute Gasteiger partial charge is 0.407 e. The van der Waals surface area contributed by atoms with Crippen LogP contribution in [0.25, 0.3) is 11.1 Å². The molecule has 1 heterocycles. The Bertz CT molecular complexity index is 999. The normalized spacial score (nSPS) is 16.4. The first-order chi connectivity index (χ1) is 16.5. The van der Waals surface area contributed by atoms with Gasteiger partial charge in [-0.25, -0.2) is 4.79 Å². The summed E-state index contributed by atoms with van der Waals surface area (Å²) in [6.07, 6.45) is 2.82. The van der Waals surface area contributed by atoms with E-state index in [0.29, 0.717) is 19.0 Å². The Kier molecular flexibility index (Phi) is 7.50. The molecule has 7 heteroatoms. The number of alkyl carbamates (subject to hydrolysis) is 1. The molecule has 1 saturated heterocycles. The standard InChI is InChI=1S/C27H32N2O5/c1-2-7-18-12-14-29(15-13-18)26(32)24(16-25(30)31)28-27(33)34-17-23-21-10-5-3-8-19(21)20-9-4-6-11-22(20)23/h3-6,8-11,18,23-24H,2,7,12-17H2,1H3,(H,28,33)(H,30,31). The Hall–Kier alpha value is -3.35. The first-order valence-corrected chi connectivity index (χ1v) is 12.1. The van der Waals surface area contributed by atoms with E-state index in [4.69, 9.17) is 4.74 Å². The third-order valence-corrected chi connectivity index (χ3v) is 6.94. The van der Waals surface area contributed by atoms with E-state index < -0.39 is 24.5 Å². The summed E-state index contributed by atoms with van der Waals surface area (Å²) in [6, 6.07) is 14.9. The van der Waals surface area contributed by atoms with Gasteiger partial charge in [-0.15, -0.1) is 0 Å². The molecule has 4 rings (SSSR count). The number of amides is 2. The van der Waals surface area contributed by atoms with Crippen LogP contribution in [-0.4, -0.2) is 53.7 Å². The second kappa shape index (κ2) is 10.7. The Morgan fingerprint density at radius 2 is 1.62 bits per heavy atom. The van der Waals surface area contributed by atoms with E-state index in [2.05, 4.69) is 24.4 Å². The second-order valence-corrected chi connectivity index (χ2v) is 9.18. The quantitative estimate of drug-likeness (QED) is 0.603. The Morgan fingerprint density at radius 3 is 2.18 bits per heavy atom. The van der Waals surface area contributed by atoms with Crippen LogP contribution in [0.1, 0.15) is 56.1 Å². The van der Waals surface area contributed by atoms with Gasteiger partial charge in [0.05, 0.1) is 6.42 Å². The molecule has 7 nitrogen and oxygen atoms in total. The molecule has 2 amide bonds. The van der Waals surface area contributed by atoms with Crippen LogP contribution in [0.3, 0.4) is 0 Å². The van der Waals surface area contributed by atoms with Gasteiger partial charge in [-0.3, -0.25) is 9.59 Å². The summed E-state index contributed by atoms with van der Waals surface area (Å²) in [5.74, 6) is -1.00. The monoisotopic (exact) mass is 464 g/mol.